The van der Waals surface area contributed by atoms with E-state index >= 15 is 0 Å². The number of amides is 2. The van der Waals surface area contributed by atoms with E-state index in [-0.39, 0.29) is 22.5 Å². The number of likely N-dealkylation sites (tertiary alicyclic amines) is 1. The Morgan fingerprint density at radius 3 is 2.45 bits per heavy atom. The molecule has 0 aromatic heterocycles. The van der Waals surface area contributed by atoms with E-state index in [1.165, 1.54) is 18.2 Å². The molecular formula is C14H14Cl3FN2O2. The minimum atomic E-state index is -1.08. The number of nitrogens with one attached hydrogen (secondary N) is 1. The third-order valence-electron chi connectivity index (χ3n) is 3.52. The SMILES string of the molecule is O=C(NC1CCN(C(=O)C(Cl)Cl)CC1)c1c(F)cccc1Cl. The van der Waals surface area contributed by atoms with Crippen LogP contribution in [0.1, 0.15) is 23.2 Å². The summed E-state index contributed by atoms with van der Waals surface area (Å²) in [6.45, 7) is 0.870. The maximum atomic E-state index is 13.7. The van der Waals surface area contributed by atoms with E-state index < -0.39 is 16.6 Å². The summed E-state index contributed by atoms with van der Waals surface area (Å²) >= 11 is 16.9. The Morgan fingerprint density at radius 2 is 1.91 bits per heavy atom. The van der Waals surface area contributed by atoms with Gasteiger partial charge in [0.15, 0.2) is 4.84 Å². The molecule has 2 rings (SSSR count). The summed E-state index contributed by atoms with van der Waals surface area (Å²) in [6, 6.07) is 3.93. The van der Waals surface area contributed by atoms with Crippen LogP contribution in [-0.4, -0.2) is 40.7 Å². The van der Waals surface area contributed by atoms with Gasteiger partial charge in [-0.1, -0.05) is 40.9 Å². The van der Waals surface area contributed by atoms with Gasteiger partial charge < -0.3 is 10.2 Å². The maximum Gasteiger partial charge on any atom is 0.255 e. The van der Waals surface area contributed by atoms with Crippen molar-refractivity contribution in [3.05, 3.63) is 34.6 Å². The van der Waals surface area contributed by atoms with E-state index in [1.807, 2.05) is 0 Å². The number of rotatable bonds is 3. The average Bonchev–Trinajstić information content (AvgIpc) is 2.47. The second-order valence-electron chi connectivity index (χ2n) is 4.97. The number of carbonyl (C=O) groups excluding carboxylic acids is 2. The maximum absolute atomic E-state index is 13.7. The molecule has 1 aromatic carbocycles. The number of halogens is 4. The molecular weight excluding hydrogens is 354 g/mol. The lowest BCUT2D eigenvalue weighted by atomic mass is 10.0. The van der Waals surface area contributed by atoms with Gasteiger partial charge in [-0.2, -0.15) is 0 Å². The van der Waals surface area contributed by atoms with Crippen molar-refractivity contribution in [3.8, 4) is 0 Å². The Balaban J connectivity index is 1.94. The topological polar surface area (TPSA) is 49.4 Å². The summed E-state index contributed by atoms with van der Waals surface area (Å²) in [5.41, 5.74) is -0.163. The van der Waals surface area contributed by atoms with Crippen LogP contribution >= 0.6 is 34.8 Å². The quantitative estimate of drug-likeness (QED) is 0.835. The Kier molecular flexibility index (Phi) is 5.89. The summed E-state index contributed by atoms with van der Waals surface area (Å²) in [5.74, 6) is -1.56. The normalized spacial score (nSPS) is 16.0. The molecule has 0 bridgehead atoms. The average molecular weight is 368 g/mol. The summed E-state index contributed by atoms with van der Waals surface area (Å²) in [6.07, 6.45) is 1.09. The number of carbonyl (C=O) groups is 2. The lowest BCUT2D eigenvalue weighted by Crippen LogP contribution is -2.47. The fourth-order valence-corrected chi connectivity index (χ4v) is 2.88. The lowest BCUT2D eigenvalue weighted by molar-refractivity contribution is -0.130. The summed E-state index contributed by atoms with van der Waals surface area (Å²) in [4.78, 5) is 24.2. The Hall–Kier alpha value is -1.04. The van der Waals surface area contributed by atoms with Gasteiger partial charge in [-0.25, -0.2) is 4.39 Å². The number of piperidine rings is 1. The molecule has 1 aromatic rings. The highest BCUT2D eigenvalue weighted by atomic mass is 35.5. The van der Waals surface area contributed by atoms with E-state index in [4.69, 9.17) is 34.8 Å². The highest BCUT2D eigenvalue weighted by Gasteiger charge is 2.27. The van der Waals surface area contributed by atoms with Gasteiger partial charge in [0.05, 0.1) is 10.6 Å². The van der Waals surface area contributed by atoms with Crippen molar-refractivity contribution in [1.29, 1.82) is 0 Å². The first-order valence-corrected chi connectivity index (χ1v) is 7.97. The van der Waals surface area contributed by atoms with Crippen LogP contribution in [0.25, 0.3) is 0 Å². The Bertz CT molecular complexity index is 555. The molecule has 8 heteroatoms. The molecule has 0 atom stereocenters. The third kappa shape index (κ3) is 4.03. The van der Waals surface area contributed by atoms with Gasteiger partial charge in [0.1, 0.15) is 5.82 Å². The van der Waals surface area contributed by atoms with Gasteiger partial charge in [0, 0.05) is 19.1 Å². The standard InChI is InChI=1S/C14H14Cl3FN2O2/c15-9-2-1-3-10(18)11(9)13(21)19-8-4-6-20(7-5-8)14(22)12(16)17/h1-3,8,12H,4-7H2,(H,19,21). The van der Waals surface area contributed by atoms with E-state index in [2.05, 4.69) is 5.32 Å². The predicted molar refractivity (Wildman–Crippen MR) is 84.0 cm³/mol. The molecule has 1 fully saturated rings. The van der Waals surface area contributed by atoms with Gasteiger partial charge in [-0.05, 0) is 25.0 Å². The van der Waals surface area contributed by atoms with E-state index in [9.17, 15) is 14.0 Å². The van der Waals surface area contributed by atoms with Crippen LogP contribution in [0, 0.1) is 5.82 Å². The monoisotopic (exact) mass is 366 g/mol. The van der Waals surface area contributed by atoms with Crippen molar-refractivity contribution in [2.24, 2.45) is 0 Å². The fraction of sp³-hybridized carbons (Fsp3) is 0.429. The third-order valence-corrected chi connectivity index (χ3v) is 4.21. The largest absolute Gasteiger partial charge is 0.349 e. The minimum absolute atomic E-state index is 0.0669. The molecule has 1 heterocycles. The van der Waals surface area contributed by atoms with Crippen molar-refractivity contribution >= 4 is 46.6 Å². The van der Waals surface area contributed by atoms with Gasteiger partial charge in [0.2, 0.25) is 0 Å². The smallest absolute Gasteiger partial charge is 0.255 e. The molecule has 0 saturated carbocycles. The van der Waals surface area contributed by atoms with Crippen LogP contribution < -0.4 is 5.32 Å². The zero-order chi connectivity index (χ0) is 16.3. The van der Waals surface area contributed by atoms with Crippen molar-refractivity contribution in [3.63, 3.8) is 0 Å². The van der Waals surface area contributed by atoms with Crippen molar-refractivity contribution in [2.45, 2.75) is 23.7 Å². The first-order valence-electron chi connectivity index (χ1n) is 6.72. The Morgan fingerprint density at radius 1 is 1.27 bits per heavy atom. The minimum Gasteiger partial charge on any atom is -0.349 e. The zero-order valence-electron chi connectivity index (χ0n) is 11.5. The molecule has 1 aliphatic heterocycles. The number of alkyl halides is 2. The molecule has 1 aliphatic rings. The predicted octanol–water partition coefficient (Wildman–Crippen LogP) is 3.00. The number of benzene rings is 1. The van der Waals surface area contributed by atoms with Gasteiger partial charge in [0.25, 0.3) is 11.8 Å². The van der Waals surface area contributed by atoms with E-state index in [0.29, 0.717) is 25.9 Å². The van der Waals surface area contributed by atoms with E-state index in [1.54, 1.807) is 4.90 Å². The molecule has 2 amide bonds. The second kappa shape index (κ2) is 7.49. The van der Waals surface area contributed by atoms with Crippen LogP contribution in [0.2, 0.25) is 5.02 Å². The molecule has 0 radical (unpaired) electrons. The van der Waals surface area contributed by atoms with Gasteiger partial charge >= 0.3 is 0 Å². The number of nitrogens with zero attached hydrogens (tertiary/aromatic N) is 1. The van der Waals surface area contributed by atoms with Crippen molar-refractivity contribution in [2.75, 3.05) is 13.1 Å². The van der Waals surface area contributed by atoms with Crippen LogP contribution in [0.4, 0.5) is 4.39 Å². The molecule has 1 saturated heterocycles. The number of hydrogen-bond donors (Lipinski definition) is 1. The zero-order valence-corrected chi connectivity index (χ0v) is 13.8. The van der Waals surface area contributed by atoms with Crippen LogP contribution in [-0.2, 0) is 4.79 Å². The molecule has 4 nitrogen and oxygen atoms in total. The molecule has 0 aliphatic carbocycles. The van der Waals surface area contributed by atoms with Crippen LogP contribution in [0.5, 0.6) is 0 Å². The molecule has 120 valence electrons. The number of hydrogen-bond acceptors (Lipinski definition) is 2. The van der Waals surface area contributed by atoms with Crippen molar-refractivity contribution in [1.82, 2.24) is 10.2 Å². The van der Waals surface area contributed by atoms with Crippen molar-refractivity contribution < 1.29 is 14.0 Å². The van der Waals surface area contributed by atoms with Crippen LogP contribution in [0.3, 0.4) is 0 Å². The first-order chi connectivity index (χ1) is 10.4. The summed E-state index contributed by atoms with van der Waals surface area (Å²) in [5, 5.41) is 2.81. The summed E-state index contributed by atoms with van der Waals surface area (Å²) < 4.78 is 13.7. The molecule has 22 heavy (non-hydrogen) atoms. The molecule has 1 N–H and O–H groups in total. The van der Waals surface area contributed by atoms with E-state index in [0.717, 1.165) is 0 Å². The molecule has 0 unspecified atom stereocenters. The van der Waals surface area contributed by atoms with Crippen LogP contribution in [0.15, 0.2) is 18.2 Å². The first kappa shape index (κ1) is 17.3. The lowest BCUT2D eigenvalue weighted by Gasteiger charge is -2.32. The highest BCUT2D eigenvalue weighted by Crippen LogP contribution is 2.20. The molecule has 0 spiro atoms. The highest BCUT2D eigenvalue weighted by molar-refractivity contribution is 6.53. The van der Waals surface area contributed by atoms with Gasteiger partial charge in [-0.3, -0.25) is 9.59 Å². The Labute approximate surface area is 142 Å². The summed E-state index contributed by atoms with van der Waals surface area (Å²) in [7, 11) is 0. The second-order valence-corrected chi connectivity index (χ2v) is 6.47. The fourth-order valence-electron chi connectivity index (χ4n) is 2.35. The van der Waals surface area contributed by atoms with Gasteiger partial charge in [-0.15, -0.1) is 0 Å².